The average Bonchev–Trinajstić information content (AvgIpc) is 3.07. The molecule has 0 amide bonds. The lowest BCUT2D eigenvalue weighted by atomic mass is 9.92. The van der Waals surface area contributed by atoms with E-state index < -0.39 is 0 Å². The van der Waals surface area contributed by atoms with Crippen LogP contribution in [0, 0.1) is 17.8 Å². The van der Waals surface area contributed by atoms with Crippen molar-refractivity contribution in [1.82, 2.24) is 4.90 Å². The molecular formula is C16H21NO. The van der Waals surface area contributed by atoms with Gasteiger partial charge in [0.2, 0.25) is 0 Å². The highest BCUT2D eigenvalue weighted by Crippen LogP contribution is 2.60. The van der Waals surface area contributed by atoms with Gasteiger partial charge < -0.3 is 10.0 Å². The number of hydrogen-bond acceptors (Lipinski definition) is 2. The van der Waals surface area contributed by atoms with Gasteiger partial charge >= 0.3 is 0 Å². The Hall–Kier alpha value is -0.860. The van der Waals surface area contributed by atoms with Gasteiger partial charge in [0.05, 0.1) is 0 Å². The molecule has 1 aromatic carbocycles. The zero-order valence-electron chi connectivity index (χ0n) is 10.8. The van der Waals surface area contributed by atoms with Crippen molar-refractivity contribution in [2.45, 2.75) is 18.8 Å². The molecule has 1 heterocycles. The first-order chi connectivity index (χ1) is 8.86. The van der Waals surface area contributed by atoms with E-state index in [1.165, 1.54) is 19.4 Å². The third-order valence-corrected chi connectivity index (χ3v) is 5.25. The van der Waals surface area contributed by atoms with Gasteiger partial charge in [0.1, 0.15) is 0 Å². The van der Waals surface area contributed by atoms with Crippen LogP contribution in [0.1, 0.15) is 23.5 Å². The van der Waals surface area contributed by atoms with Crippen LogP contribution in [0.5, 0.6) is 0 Å². The summed E-state index contributed by atoms with van der Waals surface area (Å²) in [6.07, 6.45) is 2.68. The third-order valence-electron chi connectivity index (χ3n) is 5.25. The van der Waals surface area contributed by atoms with Crippen LogP contribution in [0.2, 0.25) is 0 Å². The van der Waals surface area contributed by atoms with Gasteiger partial charge in [-0.2, -0.15) is 0 Å². The SMILES string of the molecule is OCC1CN(CC2C3CCc4ccccc4C32)C1. The van der Waals surface area contributed by atoms with E-state index >= 15 is 0 Å². The highest BCUT2D eigenvalue weighted by molar-refractivity contribution is 5.39. The van der Waals surface area contributed by atoms with E-state index in [9.17, 15) is 0 Å². The van der Waals surface area contributed by atoms with Crippen LogP contribution in [-0.2, 0) is 6.42 Å². The van der Waals surface area contributed by atoms with E-state index in [1.54, 1.807) is 11.1 Å². The first kappa shape index (κ1) is 11.0. The minimum atomic E-state index is 0.372. The lowest BCUT2D eigenvalue weighted by Crippen LogP contribution is -2.49. The summed E-state index contributed by atoms with van der Waals surface area (Å²) in [5.41, 5.74) is 3.23. The predicted octanol–water partition coefficient (Wildman–Crippen LogP) is 1.89. The molecule has 2 nitrogen and oxygen atoms in total. The van der Waals surface area contributed by atoms with E-state index in [1.807, 2.05) is 0 Å². The highest BCUT2D eigenvalue weighted by Gasteiger charge is 2.53. The Labute approximate surface area is 109 Å². The Morgan fingerprint density at radius 1 is 1.22 bits per heavy atom. The molecule has 1 aliphatic heterocycles. The number of aryl methyl sites for hydroxylation is 1. The van der Waals surface area contributed by atoms with Crippen molar-refractivity contribution in [2.75, 3.05) is 26.2 Å². The largest absolute Gasteiger partial charge is 0.396 e. The van der Waals surface area contributed by atoms with Crippen LogP contribution in [0.25, 0.3) is 0 Å². The first-order valence-corrected chi connectivity index (χ1v) is 7.28. The maximum absolute atomic E-state index is 9.06. The van der Waals surface area contributed by atoms with Gasteiger partial charge in [-0.1, -0.05) is 24.3 Å². The fourth-order valence-electron chi connectivity index (χ4n) is 4.20. The number of aliphatic hydroxyl groups is 1. The van der Waals surface area contributed by atoms with E-state index in [4.69, 9.17) is 5.11 Å². The smallest absolute Gasteiger partial charge is 0.0483 e. The molecule has 3 atom stereocenters. The standard InChI is InChI=1S/C16H21NO/c18-10-11-7-17(8-11)9-15-14-6-5-12-3-1-2-4-13(12)16(14)15/h1-4,11,14-16,18H,5-10H2. The Balaban J connectivity index is 1.43. The minimum Gasteiger partial charge on any atom is -0.396 e. The van der Waals surface area contributed by atoms with E-state index in [0.717, 1.165) is 30.8 Å². The molecule has 1 saturated heterocycles. The van der Waals surface area contributed by atoms with Crippen molar-refractivity contribution in [3.8, 4) is 0 Å². The number of likely N-dealkylation sites (tertiary alicyclic amines) is 1. The maximum atomic E-state index is 9.06. The zero-order valence-corrected chi connectivity index (χ0v) is 10.8. The number of aliphatic hydroxyl groups excluding tert-OH is 1. The van der Waals surface area contributed by atoms with Crippen molar-refractivity contribution >= 4 is 0 Å². The van der Waals surface area contributed by atoms with Gasteiger partial charge in [-0.25, -0.2) is 0 Å². The summed E-state index contributed by atoms with van der Waals surface area (Å²) in [7, 11) is 0. The van der Waals surface area contributed by atoms with Gasteiger partial charge in [-0.05, 0) is 41.7 Å². The summed E-state index contributed by atoms with van der Waals surface area (Å²) in [5, 5.41) is 9.06. The molecular weight excluding hydrogens is 222 g/mol. The second kappa shape index (κ2) is 4.07. The summed E-state index contributed by atoms with van der Waals surface area (Å²) in [4.78, 5) is 2.53. The summed E-state index contributed by atoms with van der Waals surface area (Å²) >= 11 is 0. The maximum Gasteiger partial charge on any atom is 0.0483 e. The summed E-state index contributed by atoms with van der Waals surface area (Å²) < 4.78 is 0. The number of nitrogens with zero attached hydrogens (tertiary/aromatic N) is 1. The van der Waals surface area contributed by atoms with E-state index in [-0.39, 0.29) is 0 Å². The molecule has 18 heavy (non-hydrogen) atoms. The topological polar surface area (TPSA) is 23.5 Å². The van der Waals surface area contributed by atoms with Crippen molar-refractivity contribution in [1.29, 1.82) is 0 Å². The molecule has 0 bridgehead atoms. The lowest BCUT2D eigenvalue weighted by molar-refractivity contribution is 0.0489. The Morgan fingerprint density at radius 2 is 2.06 bits per heavy atom. The quantitative estimate of drug-likeness (QED) is 0.876. The molecule has 96 valence electrons. The molecule has 2 fully saturated rings. The van der Waals surface area contributed by atoms with Crippen molar-refractivity contribution in [3.05, 3.63) is 35.4 Å². The lowest BCUT2D eigenvalue weighted by Gasteiger charge is -2.38. The molecule has 0 aromatic heterocycles. The average molecular weight is 243 g/mol. The van der Waals surface area contributed by atoms with Crippen LogP contribution in [0.15, 0.2) is 24.3 Å². The Kier molecular flexibility index (Phi) is 2.49. The molecule has 1 N–H and O–H groups in total. The first-order valence-electron chi connectivity index (χ1n) is 7.28. The highest BCUT2D eigenvalue weighted by atomic mass is 16.3. The zero-order chi connectivity index (χ0) is 12.1. The summed E-state index contributed by atoms with van der Waals surface area (Å²) in [6, 6.07) is 9.03. The van der Waals surface area contributed by atoms with Gasteiger partial charge in [-0.3, -0.25) is 0 Å². The van der Waals surface area contributed by atoms with Crippen LogP contribution >= 0.6 is 0 Å². The van der Waals surface area contributed by atoms with Crippen molar-refractivity contribution < 1.29 is 5.11 Å². The molecule has 1 aromatic rings. The second-order valence-electron chi connectivity index (χ2n) is 6.36. The molecule has 2 aliphatic carbocycles. The van der Waals surface area contributed by atoms with Crippen LogP contribution in [0.4, 0.5) is 0 Å². The van der Waals surface area contributed by atoms with E-state index in [2.05, 4.69) is 29.2 Å². The second-order valence-corrected chi connectivity index (χ2v) is 6.36. The number of fused-ring (bicyclic) bond motifs is 3. The molecule has 1 saturated carbocycles. The van der Waals surface area contributed by atoms with Crippen molar-refractivity contribution in [2.24, 2.45) is 17.8 Å². The number of hydrogen-bond donors (Lipinski definition) is 1. The van der Waals surface area contributed by atoms with Crippen LogP contribution in [-0.4, -0.2) is 36.2 Å². The molecule has 3 aliphatic rings. The monoisotopic (exact) mass is 243 g/mol. The summed E-state index contributed by atoms with van der Waals surface area (Å²) in [5.74, 6) is 3.25. The van der Waals surface area contributed by atoms with Gasteiger partial charge in [0, 0.05) is 32.2 Å². The van der Waals surface area contributed by atoms with Gasteiger partial charge in [-0.15, -0.1) is 0 Å². The third kappa shape index (κ3) is 1.63. The predicted molar refractivity (Wildman–Crippen MR) is 71.5 cm³/mol. The minimum absolute atomic E-state index is 0.372. The molecule has 3 unspecified atom stereocenters. The Bertz CT molecular complexity index is 452. The van der Waals surface area contributed by atoms with Gasteiger partial charge in [0.15, 0.2) is 0 Å². The van der Waals surface area contributed by atoms with Crippen LogP contribution < -0.4 is 0 Å². The number of rotatable bonds is 3. The Morgan fingerprint density at radius 3 is 2.89 bits per heavy atom. The van der Waals surface area contributed by atoms with Gasteiger partial charge in [0.25, 0.3) is 0 Å². The molecule has 0 radical (unpaired) electrons. The molecule has 0 spiro atoms. The summed E-state index contributed by atoms with van der Waals surface area (Å²) in [6.45, 7) is 3.87. The fourth-order valence-corrected chi connectivity index (χ4v) is 4.20. The molecule has 2 heteroatoms. The fraction of sp³-hybridized carbons (Fsp3) is 0.625. The number of benzene rings is 1. The van der Waals surface area contributed by atoms with Crippen molar-refractivity contribution in [3.63, 3.8) is 0 Å². The molecule has 4 rings (SSSR count). The van der Waals surface area contributed by atoms with Crippen LogP contribution in [0.3, 0.4) is 0 Å². The van der Waals surface area contributed by atoms with E-state index in [0.29, 0.717) is 12.5 Å². The normalized spacial score (nSPS) is 34.6.